The average Bonchev–Trinajstić information content (AvgIpc) is 2.67. The zero-order valence-corrected chi connectivity index (χ0v) is 16.8. The van der Waals surface area contributed by atoms with Gasteiger partial charge in [-0.3, -0.25) is 19.7 Å². The van der Waals surface area contributed by atoms with Crippen molar-refractivity contribution in [3.63, 3.8) is 0 Å². The third kappa shape index (κ3) is 6.61. The lowest BCUT2D eigenvalue weighted by Gasteiger charge is -2.18. The number of halogens is 2. The summed E-state index contributed by atoms with van der Waals surface area (Å²) in [5.41, 5.74) is 5.07. The third-order valence-electron chi connectivity index (χ3n) is 3.76. The number of hydrogen-bond donors (Lipinski definition) is 3. The number of nitro groups is 1. The van der Waals surface area contributed by atoms with E-state index in [-0.39, 0.29) is 17.1 Å². The first-order chi connectivity index (χ1) is 14.2. The van der Waals surface area contributed by atoms with Gasteiger partial charge < -0.3 is 21.1 Å². The molecule has 0 fully saturated rings. The minimum atomic E-state index is -0.875. The number of anilines is 1. The molecule has 2 aromatic carbocycles. The number of nitrogens with two attached hydrogens (primary N) is 1. The van der Waals surface area contributed by atoms with Gasteiger partial charge in [-0.25, -0.2) is 4.79 Å². The van der Waals surface area contributed by atoms with Crippen molar-refractivity contribution in [3.05, 3.63) is 68.2 Å². The van der Waals surface area contributed by atoms with Gasteiger partial charge in [-0.15, -0.1) is 0 Å². The quantitative estimate of drug-likeness (QED) is 0.316. The Balaban J connectivity index is 1.99. The minimum absolute atomic E-state index is 0.102. The highest BCUT2D eigenvalue weighted by Crippen LogP contribution is 2.28. The molecule has 0 bridgehead atoms. The van der Waals surface area contributed by atoms with Crippen LogP contribution in [-0.4, -0.2) is 29.4 Å². The van der Waals surface area contributed by atoms with E-state index >= 15 is 0 Å². The SMILES string of the molecule is NC(=O)NC(CC(=O)OCC(=O)Nc1ccc(Cl)cc1[N+](=O)[O-])c1ccccc1Cl. The highest BCUT2D eigenvalue weighted by atomic mass is 35.5. The summed E-state index contributed by atoms with van der Waals surface area (Å²) in [6, 6.07) is 8.45. The topological polar surface area (TPSA) is 154 Å². The van der Waals surface area contributed by atoms with Gasteiger partial charge in [0.05, 0.1) is 17.4 Å². The number of nitrogens with zero attached hydrogens (tertiary/aromatic N) is 1. The summed E-state index contributed by atoms with van der Waals surface area (Å²) in [6.07, 6.45) is -0.346. The van der Waals surface area contributed by atoms with Gasteiger partial charge in [0, 0.05) is 16.1 Å². The second-order valence-electron chi connectivity index (χ2n) is 5.91. The van der Waals surface area contributed by atoms with Gasteiger partial charge in [-0.05, 0) is 23.8 Å². The van der Waals surface area contributed by atoms with Crippen LogP contribution in [0.15, 0.2) is 42.5 Å². The Bertz CT molecular complexity index is 985. The van der Waals surface area contributed by atoms with Crippen LogP contribution in [0.2, 0.25) is 10.0 Å². The molecule has 0 heterocycles. The van der Waals surface area contributed by atoms with Gasteiger partial charge in [0.15, 0.2) is 6.61 Å². The standard InChI is InChI=1S/C18H16Cl2N4O6/c19-10-5-6-13(15(7-10)24(28)29)22-16(25)9-30-17(26)8-14(23-18(21)27)11-3-1-2-4-12(11)20/h1-7,14H,8-9H2,(H,22,25)(H3,21,23,27). The van der Waals surface area contributed by atoms with Crippen LogP contribution < -0.4 is 16.4 Å². The number of esters is 1. The van der Waals surface area contributed by atoms with Crippen molar-refractivity contribution in [1.82, 2.24) is 5.32 Å². The summed E-state index contributed by atoms with van der Waals surface area (Å²) in [5, 5.41) is 16.1. The van der Waals surface area contributed by atoms with E-state index in [4.69, 9.17) is 33.7 Å². The number of nitro benzene ring substituents is 1. The second kappa shape index (κ2) is 10.4. The van der Waals surface area contributed by atoms with E-state index in [0.29, 0.717) is 10.6 Å². The number of ether oxygens (including phenoxy) is 1. The molecule has 1 atom stereocenters. The molecule has 158 valence electrons. The molecule has 2 rings (SSSR count). The van der Waals surface area contributed by atoms with Crippen molar-refractivity contribution in [3.8, 4) is 0 Å². The van der Waals surface area contributed by atoms with Crippen LogP contribution in [0.25, 0.3) is 0 Å². The summed E-state index contributed by atoms with van der Waals surface area (Å²) in [5.74, 6) is -1.62. The normalized spacial score (nSPS) is 11.3. The Morgan fingerprint density at radius 2 is 1.87 bits per heavy atom. The van der Waals surface area contributed by atoms with Crippen molar-refractivity contribution in [2.75, 3.05) is 11.9 Å². The highest BCUT2D eigenvalue weighted by Gasteiger charge is 2.22. The van der Waals surface area contributed by atoms with E-state index in [9.17, 15) is 24.5 Å². The van der Waals surface area contributed by atoms with Gasteiger partial charge in [-0.1, -0.05) is 41.4 Å². The van der Waals surface area contributed by atoms with Crippen LogP contribution in [0.3, 0.4) is 0 Å². The van der Waals surface area contributed by atoms with E-state index < -0.39 is 41.2 Å². The first-order valence-electron chi connectivity index (χ1n) is 8.37. The minimum Gasteiger partial charge on any atom is -0.455 e. The Morgan fingerprint density at radius 1 is 1.17 bits per heavy atom. The first-order valence-corrected chi connectivity index (χ1v) is 9.12. The Hall–Kier alpha value is -3.37. The van der Waals surface area contributed by atoms with Crippen molar-refractivity contribution < 1.29 is 24.0 Å². The van der Waals surface area contributed by atoms with Crippen molar-refractivity contribution in [1.29, 1.82) is 0 Å². The molecule has 0 spiro atoms. The maximum absolute atomic E-state index is 12.1. The molecule has 3 amide bonds. The van der Waals surface area contributed by atoms with E-state index in [1.807, 2.05) is 0 Å². The molecule has 0 aromatic heterocycles. The number of urea groups is 1. The molecule has 0 aliphatic rings. The lowest BCUT2D eigenvalue weighted by Crippen LogP contribution is -2.35. The molecule has 1 unspecified atom stereocenters. The summed E-state index contributed by atoms with van der Waals surface area (Å²) < 4.78 is 4.89. The van der Waals surface area contributed by atoms with Crippen LogP contribution >= 0.6 is 23.2 Å². The zero-order valence-electron chi connectivity index (χ0n) is 15.3. The number of carbonyl (C=O) groups is 3. The van der Waals surface area contributed by atoms with Gasteiger partial charge in [0.2, 0.25) is 0 Å². The predicted octanol–water partition coefficient (Wildman–Crippen LogP) is 3.18. The molecule has 30 heavy (non-hydrogen) atoms. The monoisotopic (exact) mass is 454 g/mol. The van der Waals surface area contributed by atoms with Gasteiger partial charge in [-0.2, -0.15) is 0 Å². The maximum Gasteiger partial charge on any atom is 0.312 e. The molecular formula is C18H16Cl2N4O6. The number of rotatable bonds is 8. The van der Waals surface area contributed by atoms with Crippen molar-refractivity contribution in [2.45, 2.75) is 12.5 Å². The number of hydrogen-bond acceptors (Lipinski definition) is 6. The van der Waals surface area contributed by atoms with Gasteiger partial charge >= 0.3 is 12.0 Å². The lowest BCUT2D eigenvalue weighted by molar-refractivity contribution is -0.383. The third-order valence-corrected chi connectivity index (χ3v) is 4.34. The van der Waals surface area contributed by atoms with Gasteiger partial charge in [0.1, 0.15) is 5.69 Å². The number of carbonyl (C=O) groups excluding carboxylic acids is 3. The Kier molecular flexibility index (Phi) is 7.96. The smallest absolute Gasteiger partial charge is 0.312 e. The number of nitrogens with one attached hydrogen (secondary N) is 2. The molecule has 2 aromatic rings. The molecule has 4 N–H and O–H groups in total. The van der Waals surface area contributed by atoms with Crippen molar-refractivity contribution >= 4 is 52.5 Å². The Labute approximate surface area is 180 Å². The first kappa shape index (κ1) is 22.9. The predicted molar refractivity (Wildman–Crippen MR) is 109 cm³/mol. The van der Waals surface area contributed by atoms with Crippen LogP contribution in [-0.2, 0) is 14.3 Å². The summed E-state index contributed by atoms with van der Waals surface area (Å²) in [6.45, 7) is -0.704. The average molecular weight is 455 g/mol. The lowest BCUT2D eigenvalue weighted by atomic mass is 10.0. The molecule has 10 nitrogen and oxygen atoms in total. The molecule has 0 aliphatic carbocycles. The van der Waals surface area contributed by atoms with Crippen molar-refractivity contribution in [2.24, 2.45) is 5.73 Å². The Morgan fingerprint density at radius 3 is 2.50 bits per heavy atom. The maximum atomic E-state index is 12.1. The summed E-state index contributed by atoms with van der Waals surface area (Å²) >= 11 is 11.8. The number of primary amides is 1. The fraction of sp³-hybridized carbons (Fsp3) is 0.167. The van der Waals surface area contributed by atoms with Crippen LogP contribution in [0.4, 0.5) is 16.2 Å². The van der Waals surface area contributed by atoms with E-state index in [1.54, 1.807) is 24.3 Å². The summed E-state index contributed by atoms with van der Waals surface area (Å²) in [4.78, 5) is 45.7. The van der Waals surface area contributed by atoms with Crippen LogP contribution in [0, 0.1) is 10.1 Å². The molecule has 0 saturated heterocycles. The van der Waals surface area contributed by atoms with E-state index in [0.717, 1.165) is 6.07 Å². The summed E-state index contributed by atoms with van der Waals surface area (Å²) in [7, 11) is 0. The second-order valence-corrected chi connectivity index (χ2v) is 6.76. The fourth-order valence-corrected chi connectivity index (χ4v) is 2.92. The number of benzene rings is 2. The fourth-order valence-electron chi connectivity index (χ4n) is 2.49. The number of amides is 3. The molecule has 12 heteroatoms. The zero-order chi connectivity index (χ0) is 22.3. The van der Waals surface area contributed by atoms with E-state index in [1.165, 1.54) is 12.1 Å². The van der Waals surface area contributed by atoms with E-state index in [2.05, 4.69) is 10.6 Å². The molecule has 0 saturated carbocycles. The molecule has 0 radical (unpaired) electrons. The van der Waals surface area contributed by atoms with Crippen LogP contribution in [0.5, 0.6) is 0 Å². The highest BCUT2D eigenvalue weighted by molar-refractivity contribution is 6.31. The van der Waals surface area contributed by atoms with Gasteiger partial charge in [0.25, 0.3) is 11.6 Å². The molecular weight excluding hydrogens is 439 g/mol. The molecule has 0 aliphatic heterocycles. The van der Waals surface area contributed by atoms with Crippen LogP contribution in [0.1, 0.15) is 18.0 Å². The largest absolute Gasteiger partial charge is 0.455 e.